The van der Waals surface area contributed by atoms with E-state index >= 15 is 0 Å². The third-order valence-electron chi connectivity index (χ3n) is 4.05. The quantitative estimate of drug-likeness (QED) is 0.715. The highest BCUT2D eigenvalue weighted by molar-refractivity contribution is 5.01. The predicted octanol–water partition coefficient (Wildman–Crippen LogP) is 0.375. The largest absolute Gasteiger partial charge is 0.395 e. The van der Waals surface area contributed by atoms with Crippen LogP contribution in [0.25, 0.3) is 0 Å². The van der Waals surface area contributed by atoms with Gasteiger partial charge >= 0.3 is 0 Å². The molecule has 94 valence electrons. The normalized spacial score (nSPS) is 28.3. The van der Waals surface area contributed by atoms with Gasteiger partial charge in [-0.1, -0.05) is 12.8 Å². The summed E-state index contributed by atoms with van der Waals surface area (Å²) in [6, 6.07) is 0.397. The monoisotopic (exact) mass is 229 g/mol. The minimum Gasteiger partial charge on any atom is -0.395 e. The average molecular weight is 229 g/mol. The molecule has 0 amide bonds. The summed E-state index contributed by atoms with van der Waals surface area (Å²) in [6.07, 6.45) is 5.83. The lowest BCUT2D eigenvalue weighted by Crippen LogP contribution is -2.50. The lowest BCUT2D eigenvalue weighted by atomic mass is 9.91. The van der Waals surface area contributed by atoms with E-state index in [1.165, 1.54) is 12.8 Å². The maximum absolute atomic E-state index is 9.09. The molecule has 4 nitrogen and oxygen atoms in total. The maximum Gasteiger partial charge on any atom is 0.0837 e. The number of aliphatic hydroxyl groups excluding tert-OH is 2. The zero-order valence-electron chi connectivity index (χ0n) is 9.90. The van der Waals surface area contributed by atoms with E-state index in [1.807, 2.05) is 0 Å². The fourth-order valence-electron chi connectivity index (χ4n) is 3.38. The van der Waals surface area contributed by atoms with Crippen LogP contribution in [0.2, 0.25) is 0 Å². The second kappa shape index (κ2) is 5.45. The molecule has 1 unspecified atom stereocenters. The van der Waals surface area contributed by atoms with Crippen molar-refractivity contribution >= 4 is 0 Å². The Bertz CT molecular complexity index is 205. The molecule has 16 heavy (non-hydrogen) atoms. The van der Waals surface area contributed by atoms with Crippen molar-refractivity contribution < 1.29 is 14.9 Å². The first kappa shape index (κ1) is 12.3. The van der Waals surface area contributed by atoms with E-state index in [0.717, 1.165) is 25.9 Å². The SMILES string of the molecule is OCCN(CCO)C1CCOC12CCCC2. The van der Waals surface area contributed by atoms with Crippen LogP contribution in [0.4, 0.5) is 0 Å². The molecule has 2 N–H and O–H groups in total. The predicted molar refractivity (Wildman–Crippen MR) is 61.3 cm³/mol. The smallest absolute Gasteiger partial charge is 0.0837 e. The Labute approximate surface area is 97.2 Å². The molecule has 0 radical (unpaired) electrons. The molecule has 2 aliphatic rings. The molecule has 0 aromatic heterocycles. The molecule has 1 spiro atoms. The summed E-state index contributed by atoms with van der Waals surface area (Å²) < 4.78 is 5.98. The Morgan fingerprint density at radius 2 is 1.75 bits per heavy atom. The Kier molecular flexibility index (Phi) is 4.19. The van der Waals surface area contributed by atoms with Crippen molar-refractivity contribution in [2.45, 2.75) is 43.7 Å². The van der Waals surface area contributed by atoms with Crippen LogP contribution < -0.4 is 0 Å². The van der Waals surface area contributed by atoms with E-state index in [2.05, 4.69) is 4.90 Å². The van der Waals surface area contributed by atoms with Crippen molar-refractivity contribution in [3.05, 3.63) is 0 Å². The van der Waals surface area contributed by atoms with E-state index < -0.39 is 0 Å². The van der Waals surface area contributed by atoms with Gasteiger partial charge in [0.15, 0.2) is 0 Å². The van der Waals surface area contributed by atoms with Crippen LogP contribution in [0, 0.1) is 0 Å². The first-order valence-corrected chi connectivity index (χ1v) is 6.42. The van der Waals surface area contributed by atoms with Crippen molar-refractivity contribution in [3.8, 4) is 0 Å². The topological polar surface area (TPSA) is 52.9 Å². The van der Waals surface area contributed by atoms with Crippen LogP contribution >= 0.6 is 0 Å². The molecule has 1 heterocycles. The molecule has 1 saturated carbocycles. The number of hydrogen-bond donors (Lipinski definition) is 2. The molecular formula is C12H23NO3. The summed E-state index contributed by atoms with van der Waals surface area (Å²) in [5.41, 5.74) is 0.0321. The first-order chi connectivity index (χ1) is 7.82. The van der Waals surface area contributed by atoms with Gasteiger partial charge in [0.05, 0.1) is 18.8 Å². The lowest BCUT2D eigenvalue weighted by Gasteiger charge is -2.38. The van der Waals surface area contributed by atoms with Gasteiger partial charge in [-0.05, 0) is 19.3 Å². The van der Waals surface area contributed by atoms with Crippen molar-refractivity contribution in [1.82, 2.24) is 4.90 Å². The third kappa shape index (κ3) is 2.25. The molecule has 2 fully saturated rings. The second-order valence-electron chi connectivity index (χ2n) is 4.91. The van der Waals surface area contributed by atoms with E-state index in [-0.39, 0.29) is 18.8 Å². The van der Waals surface area contributed by atoms with Gasteiger partial charge in [-0.2, -0.15) is 0 Å². The summed E-state index contributed by atoms with van der Waals surface area (Å²) in [5, 5.41) is 18.2. The number of aliphatic hydroxyl groups is 2. The zero-order chi connectivity index (χ0) is 11.4. The van der Waals surface area contributed by atoms with Crippen LogP contribution in [-0.4, -0.2) is 59.7 Å². The number of hydrogen-bond acceptors (Lipinski definition) is 4. The van der Waals surface area contributed by atoms with E-state index in [0.29, 0.717) is 19.1 Å². The first-order valence-electron chi connectivity index (χ1n) is 6.42. The Morgan fingerprint density at radius 3 is 2.31 bits per heavy atom. The summed E-state index contributed by atoms with van der Waals surface area (Å²) in [4.78, 5) is 2.21. The standard InChI is InChI=1S/C12H23NO3/c14-8-6-13(7-9-15)11-3-10-16-12(11)4-1-2-5-12/h11,14-15H,1-10H2. The average Bonchev–Trinajstić information content (AvgIpc) is 2.90. The third-order valence-corrected chi connectivity index (χ3v) is 4.05. The highest BCUT2D eigenvalue weighted by Crippen LogP contribution is 2.43. The summed E-state index contributed by atoms with van der Waals surface area (Å²) >= 11 is 0. The Balaban J connectivity index is 2.04. The van der Waals surface area contributed by atoms with Crippen LogP contribution in [0.3, 0.4) is 0 Å². The van der Waals surface area contributed by atoms with Gasteiger partial charge < -0.3 is 14.9 Å². The molecule has 0 bridgehead atoms. The van der Waals surface area contributed by atoms with Crippen molar-refractivity contribution in [1.29, 1.82) is 0 Å². The number of nitrogens with zero attached hydrogens (tertiary/aromatic N) is 1. The summed E-state index contributed by atoms with van der Waals surface area (Å²) in [6.45, 7) is 2.45. The van der Waals surface area contributed by atoms with Gasteiger partial charge in [0.2, 0.25) is 0 Å². The molecule has 2 rings (SSSR count). The lowest BCUT2D eigenvalue weighted by molar-refractivity contribution is -0.0395. The van der Waals surface area contributed by atoms with Gasteiger partial charge in [0.1, 0.15) is 0 Å². The fourth-order valence-corrected chi connectivity index (χ4v) is 3.38. The molecule has 1 aliphatic carbocycles. The van der Waals surface area contributed by atoms with E-state index in [4.69, 9.17) is 14.9 Å². The molecule has 1 aliphatic heterocycles. The van der Waals surface area contributed by atoms with Gasteiger partial charge in [0.25, 0.3) is 0 Å². The van der Waals surface area contributed by atoms with Crippen LogP contribution in [0.1, 0.15) is 32.1 Å². The van der Waals surface area contributed by atoms with Gasteiger partial charge in [0, 0.05) is 25.7 Å². The summed E-state index contributed by atoms with van der Waals surface area (Å²) in [7, 11) is 0. The molecule has 4 heteroatoms. The molecular weight excluding hydrogens is 206 g/mol. The van der Waals surface area contributed by atoms with Crippen molar-refractivity contribution in [3.63, 3.8) is 0 Å². The van der Waals surface area contributed by atoms with Crippen LogP contribution in [-0.2, 0) is 4.74 Å². The van der Waals surface area contributed by atoms with E-state index in [9.17, 15) is 0 Å². The van der Waals surface area contributed by atoms with Crippen molar-refractivity contribution in [2.75, 3.05) is 32.9 Å². The highest BCUT2D eigenvalue weighted by Gasteiger charge is 2.48. The minimum atomic E-state index is 0.0321. The second-order valence-corrected chi connectivity index (χ2v) is 4.91. The molecule has 0 aromatic carbocycles. The maximum atomic E-state index is 9.09. The van der Waals surface area contributed by atoms with Gasteiger partial charge in [-0.15, -0.1) is 0 Å². The Morgan fingerprint density at radius 1 is 1.12 bits per heavy atom. The van der Waals surface area contributed by atoms with E-state index in [1.54, 1.807) is 0 Å². The molecule has 0 aromatic rings. The van der Waals surface area contributed by atoms with Crippen LogP contribution in [0.5, 0.6) is 0 Å². The van der Waals surface area contributed by atoms with Crippen molar-refractivity contribution in [2.24, 2.45) is 0 Å². The van der Waals surface area contributed by atoms with Crippen LogP contribution in [0.15, 0.2) is 0 Å². The molecule has 1 saturated heterocycles. The fraction of sp³-hybridized carbons (Fsp3) is 1.00. The number of ether oxygens (including phenoxy) is 1. The molecule has 1 atom stereocenters. The van der Waals surface area contributed by atoms with Gasteiger partial charge in [-0.3, -0.25) is 4.90 Å². The zero-order valence-corrected chi connectivity index (χ0v) is 9.90. The van der Waals surface area contributed by atoms with Gasteiger partial charge in [-0.25, -0.2) is 0 Å². The highest BCUT2D eigenvalue weighted by atomic mass is 16.5. The minimum absolute atomic E-state index is 0.0321. The summed E-state index contributed by atoms with van der Waals surface area (Å²) in [5.74, 6) is 0. The Hall–Kier alpha value is -0.160. The number of rotatable bonds is 5.